The van der Waals surface area contributed by atoms with E-state index in [1.165, 1.54) is 0 Å². The lowest BCUT2D eigenvalue weighted by Crippen LogP contribution is -2.44. The van der Waals surface area contributed by atoms with Crippen LogP contribution in [0.5, 0.6) is 34.5 Å². The van der Waals surface area contributed by atoms with Crippen LogP contribution < -0.4 is 27.8 Å². The molecule has 0 spiro atoms. The predicted octanol–water partition coefficient (Wildman–Crippen LogP) is 8.32. The number of ether oxygens (including phenoxy) is 5. The Morgan fingerprint density at radius 3 is 1.19 bits per heavy atom. The van der Waals surface area contributed by atoms with Crippen LogP contribution >= 0.6 is 0 Å². The topological polar surface area (TPSA) is 81.7 Å². The summed E-state index contributed by atoms with van der Waals surface area (Å²) in [4.78, 5) is 13.0. The maximum absolute atomic E-state index is 13.0. The Morgan fingerprint density at radius 1 is 0.674 bits per heavy atom. The van der Waals surface area contributed by atoms with E-state index in [1.54, 1.807) is 28.4 Å². The minimum absolute atomic E-state index is 0.0419. The third-order valence-electron chi connectivity index (χ3n) is 9.55. The molecule has 1 heterocycles. The molecule has 8 nitrogen and oxygen atoms in total. The average Bonchev–Trinajstić information content (AvgIpc) is 3.21. The van der Waals surface area contributed by atoms with Crippen molar-refractivity contribution in [3.63, 3.8) is 0 Å². The molecule has 1 aliphatic rings. The number of cyclic esters (lactones) is 1. The summed E-state index contributed by atoms with van der Waals surface area (Å²) in [5.74, 6) is 2.57. The first-order chi connectivity index (χ1) is 19.7. The summed E-state index contributed by atoms with van der Waals surface area (Å²) < 4.78 is 43.3. The number of hydrogen-bond acceptors (Lipinski definition) is 8. The van der Waals surface area contributed by atoms with Crippen LogP contribution in [0.3, 0.4) is 0 Å². The second-order valence-corrected chi connectivity index (χ2v) is 23.9. The first-order valence-corrected chi connectivity index (χ1v) is 20.6. The van der Waals surface area contributed by atoms with Crippen LogP contribution in [0.15, 0.2) is 24.3 Å². The minimum Gasteiger partial charge on any atom is -0.539 e. The molecule has 10 heteroatoms. The van der Waals surface area contributed by atoms with Gasteiger partial charge in [-0.15, -0.1) is 0 Å². The third-order valence-corrected chi connectivity index (χ3v) is 18.2. The zero-order chi connectivity index (χ0) is 32.8. The van der Waals surface area contributed by atoms with Gasteiger partial charge in [-0.3, -0.25) is 4.79 Å². The highest BCUT2D eigenvalue weighted by Gasteiger charge is 2.52. The number of carbonyl (C=O) groups is 1. The van der Waals surface area contributed by atoms with Crippen molar-refractivity contribution in [1.82, 2.24) is 0 Å². The van der Waals surface area contributed by atoms with Crippen LogP contribution in [0.25, 0.3) is 0 Å². The predicted molar refractivity (Wildman–Crippen MR) is 175 cm³/mol. The van der Waals surface area contributed by atoms with Crippen molar-refractivity contribution in [2.45, 2.75) is 96.8 Å². The van der Waals surface area contributed by atoms with Crippen LogP contribution in [-0.4, -0.2) is 51.0 Å². The summed E-state index contributed by atoms with van der Waals surface area (Å²) in [7, 11) is 1.92. The van der Waals surface area contributed by atoms with Crippen molar-refractivity contribution < 1.29 is 37.3 Å². The first kappa shape index (κ1) is 34.6. The zero-order valence-electron chi connectivity index (χ0n) is 28.9. The van der Waals surface area contributed by atoms with E-state index in [0.717, 1.165) is 0 Å². The summed E-state index contributed by atoms with van der Waals surface area (Å²) in [5, 5.41) is -0.0838. The molecule has 1 atom stereocenters. The summed E-state index contributed by atoms with van der Waals surface area (Å²) in [5.41, 5.74) is 0.219. The van der Waals surface area contributed by atoms with Gasteiger partial charge in [-0.05, 0) is 60.5 Å². The molecule has 1 saturated heterocycles. The Labute approximate surface area is 260 Å². The highest BCUT2D eigenvalue weighted by atomic mass is 28.4. The van der Waals surface area contributed by atoms with Crippen LogP contribution in [0.2, 0.25) is 36.3 Å². The van der Waals surface area contributed by atoms with Crippen LogP contribution in [-0.2, 0) is 15.1 Å². The Morgan fingerprint density at radius 2 is 0.977 bits per heavy atom. The van der Waals surface area contributed by atoms with Gasteiger partial charge in [0.1, 0.15) is 0 Å². The number of methoxy groups -OCH3 is 4. The molecule has 240 valence electrons. The standard InChI is InChI=1S/C33H52O8Si2/c1-21-16-28(34)39-33(21,22-17-24(35-8)29(25(18-22)36-9)40-42(12,13)31(2,3)4)23-19-26(37-10)30(27(20-23)38-11)41-43(14,15)32(5,6)7/h17-21H,16H2,1-15H3. The molecule has 1 fully saturated rings. The van der Waals surface area contributed by atoms with Gasteiger partial charge in [0.15, 0.2) is 40.1 Å². The van der Waals surface area contributed by atoms with Crippen molar-refractivity contribution in [3.05, 3.63) is 35.4 Å². The first-order valence-electron chi connectivity index (χ1n) is 14.8. The maximum atomic E-state index is 13.0. The van der Waals surface area contributed by atoms with E-state index >= 15 is 0 Å². The van der Waals surface area contributed by atoms with Gasteiger partial charge in [0.05, 0.1) is 34.9 Å². The molecule has 3 rings (SSSR count). The van der Waals surface area contributed by atoms with E-state index in [2.05, 4.69) is 67.7 Å². The van der Waals surface area contributed by atoms with E-state index in [-0.39, 0.29) is 28.4 Å². The zero-order valence-corrected chi connectivity index (χ0v) is 30.9. The molecule has 0 radical (unpaired) electrons. The Hall–Kier alpha value is -2.86. The molecule has 43 heavy (non-hydrogen) atoms. The highest BCUT2D eigenvalue weighted by molar-refractivity contribution is 6.75. The van der Waals surface area contributed by atoms with E-state index in [0.29, 0.717) is 45.6 Å². The molecule has 0 amide bonds. The molecule has 0 bridgehead atoms. The highest BCUT2D eigenvalue weighted by Crippen LogP contribution is 2.55. The Balaban J connectivity index is 2.31. The van der Waals surface area contributed by atoms with Crippen molar-refractivity contribution >= 4 is 22.6 Å². The number of esters is 1. The summed E-state index contributed by atoms with van der Waals surface area (Å²) >= 11 is 0. The van der Waals surface area contributed by atoms with Crippen LogP contribution in [0.1, 0.15) is 66.0 Å². The number of rotatable bonds is 10. The van der Waals surface area contributed by atoms with Gasteiger partial charge in [-0.25, -0.2) is 0 Å². The Kier molecular flexibility index (Phi) is 9.59. The quantitative estimate of drug-likeness (QED) is 0.191. The van der Waals surface area contributed by atoms with Gasteiger partial charge in [-0.2, -0.15) is 0 Å². The molecule has 0 aliphatic carbocycles. The van der Waals surface area contributed by atoms with Crippen molar-refractivity contribution in [2.75, 3.05) is 28.4 Å². The monoisotopic (exact) mass is 632 g/mol. The molecule has 0 saturated carbocycles. The summed E-state index contributed by atoms with van der Waals surface area (Å²) in [6.07, 6.45) is 0.236. The minimum atomic E-state index is -2.25. The van der Waals surface area contributed by atoms with E-state index in [4.69, 9.17) is 32.5 Å². The second-order valence-electron chi connectivity index (χ2n) is 14.5. The number of hydrogen-bond donors (Lipinski definition) is 0. The fraction of sp³-hybridized carbons (Fsp3) is 0.606. The van der Waals surface area contributed by atoms with Crippen molar-refractivity contribution in [2.24, 2.45) is 5.92 Å². The largest absolute Gasteiger partial charge is 0.539 e. The van der Waals surface area contributed by atoms with Gasteiger partial charge >= 0.3 is 5.97 Å². The maximum Gasteiger partial charge on any atom is 0.307 e. The van der Waals surface area contributed by atoms with Gasteiger partial charge in [0.2, 0.25) is 0 Å². The molecule has 1 aliphatic heterocycles. The molecule has 2 aromatic carbocycles. The van der Waals surface area contributed by atoms with Gasteiger partial charge in [0.25, 0.3) is 16.6 Å². The SMILES string of the molecule is COc1cc(C2(c3cc(OC)c(O[Si](C)(C)C(C)(C)C)c(OC)c3)OC(=O)CC2C)cc(OC)c1O[Si](C)(C)C(C)(C)C. The second kappa shape index (κ2) is 11.9. The van der Waals surface area contributed by atoms with Gasteiger partial charge in [-0.1, -0.05) is 48.5 Å². The van der Waals surface area contributed by atoms with E-state index in [9.17, 15) is 4.79 Å². The number of benzene rings is 2. The van der Waals surface area contributed by atoms with Gasteiger partial charge in [0, 0.05) is 17.0 Å². The van der Waals surface area contributed by atoms with Crippen LogP contribution in [0, 0.1) is 5.92 Å². The molecule has 0 aromatic heterocycles. The lowest BCUT2D eigenvalue weighted by molar-refractivity contribution is -0.147. The third kappa shape index (κ3) is 6.36. The molecular weight excluding hydrogens is 581 g/mol. The fourth-order valence-electron chi connectivity index (χ4n) is 4.78. The smallest absolute Gasteiger partial charge is 0.307 e. The lowest BCUT2D eigenvalue weighted by atomic mass is 9.76. The molecule has 0 N–H and O–H groups in total. The fourth-order valence-corrected chi connectivity index (χ4v) is 6.81. The number of carbonyl (C=O) groups excluding carboxylic acids is 1. The lowest BCUT2D eigenvalue weighted by Gasteiger charge is -2.39. The summed E-state index contributed by atoms with van der Waals surface area (Å²) in [6.45, 7) is 23.8. The molecule has 1 unspecified atom stereocenters. The molecular formula is C33H52O8Si2. The van der Waals surface area contributed by atoms with E-state index in [1.807, 2.05) is 31.2 Å². The van der Waals surface area contributed by atoms with Crippen LogP contribution in [0.4, 0.5) is 0 Å². The van der Waals surface area contributed by atoms with Crippen molar-refractivity contribution in [3.8, 4) is 34.5 Å². The van der Waals surface area contributed by atoms with Gasteiger partial charge < -0.3 is 32.5 Å². The Bertz CT molecular complexity index is 1200. The van der Waals surface area contributed by atoms with Crippen molar-refractivity contribution in [1.29, 1.82) is 0 Å². The summed E-state index contributed by atoms with van der Waals surface area (Å²) in [6, 6.07) is 7.55. The van der Waals surface area contributed by atoms with E-state index < -0.39 is 22.2 Å². The molecule has 2 aromatic rings. The normalized spacial score (nSPS) is 17.3. The average molecular weight is 633 g/mol.